The van der Waals surface area contributed by atoms with Gasteiger partial charge < -0.3 is 21.5 Å². The summed E-state index contributed by atoms with van der Waals surface area (Å²) in [6.07, 6.45) is 4.76. The first-order valence-corrected chi connectivity index (χ1v) is 19.4. The van der Waals surface area contributed by atoms with E-state index in [0.29, 0.717) is 17.0 Å². The van der Waals surface area contributed by atoms with Crippen molar-refractivity contribution in [3.05, 3.63) is 82.6 Å². The number of carbonyl (C=O) groups is 3. The standard InChI is InChI=1S/C14H13ClN2O.C14H18N2O7S2.C4H11N.C2H6/c1-9-3-5-11(6-4-9)17-14(18)13-10(2)7-16-8-12(13)15;1-24(20,21)10-4-2-5-11(8-10)25(22,23)16-7-3-6-12(16)14(19)15-9-13(17)18;1-4(2,3)5;1-2/h3-8H,1-2H3,(H,17,18);2,4-5,8,12H,3,6-7,9H2,1H3,(H,15,19)(H,17,18);5H2,1-3H3;1-2H3. The van der Waals surface area contributed by atoms with Crippen molar-refractivity contribution in [2.75, 3.05) is 24.7 Å². The first kappa shape index (κ1) is 44.1. The zero-order valence-electron chi connectivity index (χ0n) is 29.7. The van der Waals surface area contributed by atoms with Crippen LogP contribution >= 0.6 is 11.6 Å². The number of aliphatic carboxylic acids is 1. The second-order valence-corrected chi connectivity index (χ2v) is 16.4. The van der Waals surface area contributed by atoms with Crippen LogP contribution in [0.1, 0.15) is 68.9 Å². The number of hydrogen-bond donors (Lipinski definition) is 4. The molecule has 0 spiro atoms. The molecule has 16 heteroatoms. The number of nitrogens with two attached hydrogens (primary N) is 1. The molecule has 1 fully saturated rings. The number of amides is 2. The molecule has 3 aromatic rings. The summed E-state index contributed by atoms with van der Waals surface area (Å²) < 4.78 is 49.8. The van der Waals surface area contributed by atoms with Gasteiger partial charge in [-0.2, -0.15) is 4.31 Å². The Hall–Kier alpha value is -3.89. The third-order valence-electron chi connectivity index (χ3n) is 6.39. The minimum Gasteiger partial charge on any atom is -0.480 e. The Kier molecular flexibility index (Phi) is 17.2. The first-order valence-electron chi connectivity index (χ1n) is 15.7. The lowest BCUT2D eigenvalue weighted by atomic mass is 10.1. The van der Waals surface area contributed by atoms with E-state index in [1.807, 2.05) is 72.7 Å². The fraction of sp³-hybridized carbons (Fsp3) is 0.412. The number of nitrogens with zero attached hydrogens (tertiary/aromatic N) is 2. The highest BCUT2D eigenvalue weighted by Gasteiger charge is 2.39. The average Bonchev–Trinajstić information content (AvgIpc) is 3.53. The Balaban J connectivity index is 0.000000436. The number of hydrogen-bond acceptors (Lipinski definition) is 9. The Labute approximate surface area is 300 Å². The molecule has 2 amide bonds. The largest absolute Gasteiger partial charge is 0.480 e. The highest BCUT2D eigenvalue weighted by molar-refractivity contribution is 7.91. The molecule has 1 atom stereocenters. The summed E-state index contributed by atoms with van der Waals surface area (Å²) in [5.41, 5.74) is 8.47. The third kappa shape index (κ3) is 14.5. The number of carboxylic acid groups (broad SMARTS) is 1. The van der Waals surface area contributed by atoms with Crippen molar-refractivity contribution in [2.24, 2.45) is 5.73 Å². The van der Waals surface area contributed by atoms with Gasteiger partial charge in [-0.25, -0.2) is 16.8 Å². The minimum absolute atomic E-state index is 0. The van der Waals surface area contributed by atoms with Gasteiger partial charge >= 0.3 is 5.97 Å². The van der Waals surface area contributed by atoms with Gasteiger partial charge in [-0.05, 0) is 83.4 Å². The molecule has 0 aliphatic carbocycles. The summed E-state index contributed by atoms with van der Waals surface area (Å²) in [7, 11) is -7.68. The quantitative estimate of drug-likeness (QED) is 0.247. The van der Waals surface area contributed by atoms with Crippen LogP contribution in [0.25, 0.3) is 0 Å². The minimum atomic E-state index is -4.09. The molecule has 1 aromatic heterocycles. The zero-order chi connectivity index (χ0) is 38.4. The van der Waals surface area contributed by atoms with E-state index in [2.05, 4.69) is 15.6 Å². The molecule has 5 N–H and O–H groups in total. The number of carboxylic acids is 1. The molecular weight excluding hydrogens is 706 g/mol. The van der Waals surface area contributed by atoms with Crippen molar-refractivity contribution in [1.82, 2.24) is 14.6 Å². The van der Waals surface area contributed by atoms with Crippen molar-refractivity contribution >= 4 is 54.9 Å². The summed E-state index contributed by atoms with van der Waals surface area (Å²) in [5.74, 6) is -2.15. The van der Waals surface area contributed by atoms with Crippen LogP contribution in [0, 0.1) is 13.8 Å². The maximum absolute atomic E-state index is 12.8. The van der Waals surface area contributed by atoms with E-state index >= 15 is 0 Å². The number of benzene rings is 2. The van der Waals surface area contributed by atoms with Crippen LogP contribution < -0.4 is 16.4 Å². The molecule has 2 aromatic carbocycles. The van der Waals surface area contributed by atoms with Crippen LogP contribution in [-0.4, -0.2) is 79.9 Å². The molecule has 0 bridgehead atoms. The second kappa shape index (κ2) is 19.5. The Morgan fingerprint density at radius 3 is 2.08 bits per heavy atom. The Morgan fingerprint density at radius 2 is 1.56 bits per heavy atom. The molecule has 1 aliphatic heterocycles. The number of sulfone groups is 1. The number of halogens is 1. The molecule has 276 valence electrons. The van der Waals surface area contributed by atoms with Crippen LogP contribution in [0.5, 0.6) is 0 Å². The molecule has 0 saturated carbocycles. The Morgan fingerprint density at radius 1 is 1.00 bits per heavy atom. The van der Waals surface area contributed by atoms with E-state index in [1.54, 1.807) is 6.20 Å². The van der Waals surface area contributed by atoms with Crippen molar-refractivity contribution in [1.29, 1.82) is 0 Å². The van der Waals surface area contributed by atoms with Gasteiger partial charge in [0.05, 0.1) is 20.4 Å². The van der Waals surface area contributed by atoms with Gasteiger partial charge in [-0.3, -0.25) is 19.4 Å². The highest BCUT2D eigenvalue weighted by atomic mass is 35.5. The number of nitrogens with one attached hydrogen (secondary N) is 2. The number of anilines is 1. The van der Waals surface area contributed by atoms with Crippen molar-refractivity contribution < 1.29 is 36.3 Å². The summed E-state index contributed by atoms with van der Waals surface area (Å²) >= 11 is 5.99. The van der Waals surface area contributed by atoms with Crippen molar-refractivity contribution in [3.8, 4) is 0 Å². The van der Waals surface area contributed by atoms with E-state index in [4.69, 9.17) is 22.4 Å². The van der Waals surface area contributed by atoms with Crippen molar-refractivity contribution in [2.45, 2.75) is 82.7 Å². The van der Waals surface area contributed by atoms with Gasteiger partial charge in [0, 0.05) is 36.4 Å². The van der Waals surface area contributed by atoms with Crippen LogP contribution in [0.2, 0.25) is 5.02 Å². The van der Waals surface area contributed by atoms with Crippen LogP contribution in [0.3, 0.4) is 0 Å². The van der Waals surface area contributed by atoms with E-state index < -0.39 is 44.3 Å². The topological polar surface area (TPSA) is 206 Å². The van der Waals surface area contributed by atoms with Gasteiger partial charge in [0.25, 0.3) is 5.91 Å². The summed E-state index contributed by atoms with van der Waals surface area (Å²) in [5, 5.41) is 14.0. The lowest BCUT2D eigenvalue weighted by Crippen LogP contribution is -2.46. The third-order valence-corrected chi connectivity index (χ3v) is 9.69. The van der Waals surface area contributed by atoms with Crippen LogP contribution in [-0.2, 0) is 29.4 Å². The summed E-state index contributed by atoms with van der Waals surface area (Å²) in [4.78, 5) is 38.3. The summed E-state index contributed by atoms with van der Waals surface area (Å²) in [6.45, 7) is 13.2. The lowest BCUT2D eigenvalue weighted by molar-refractivity contribution is -0.138. The molecule has 13 nitrogen and oxygen atoms in total. The number of pyridine rings is 1. The molecule has 2 heterocycles. The van der Waals surface area contributed by atoms with Crippen molar-refractivity contribution in [3.63, 3.8) is 0 Å². The fourth-order valence-corrected chi connectivity index (χ4v) is 6.96. The van der Waals surface area contributed by atoms with Crippen LogP contribution in [0.15, 0.2) is 70.7 Å². The fourth-order valence-electron chi connectivity index (χ4n) is 4.22. The zero-order valence-corrected chi connectivity index (χ0v) is 32.0. The number of sulfonamides is 1. The lowest BCUT2D eigenvalue weighted by Gasteiger charge is -2.23. The van der Waals surface area contributed by atoms with Gasteiger partial charge in [0.2, 0.25) is 15.9 Å². The molecule has 0 radical (unpaired) electrons. The SMILES string of the molecule is CC.CC(C)(C)N.CS(=O)(=O)c1cccc(S(=O)(=O)N2CCCC2C(=O)NCC(=O)O)c1.Cc1ccc(NC(=O)c2c(C)cncc2Cl)cc1. The maximum Gasteiger partial charge on any atom is 0.322 e. The number of aromatic nitrogens is 1. The smallest absolute Gasteiger partial charge is 0.322 e. The molecule has 50 heavy (non-hydrogen) atoms. The number of aryl methyl sites for hydroxylation is 2. The molecule has 1 saturated heterocycles. The van der Waals surface area contributed by atoms with Crippen LogP contribution in [0.4, 0.5) is 5.69 Å². The van der Waals surface area contributed by atoms with E-state index in [-0.39, 0.29) is 34.2 Å². The first-order chi connectivity index (χ1) is 23.1. The van der Waals surface area contributed by atoms with E-state index in [0.717, 1.165) is 33.4 Å². The molecule has 1 unspecified atom stereocenters. The molecule has 4 rings (SSSR count). The second-order valence-electron chi connectivity index (χ2n) is 12.1. The van der Waals surface area contributed by atoms with Gasteiger partial charge in [0.15, 0.2) is 9.84 Å². The number of carbonyl (C=O) groups excluding carboxylic acids is 2. The van der Waals surface area contributed by atoms with E-state index in [1.165, 1.54) is 24.4 Å². The Bertz CT molecular complexity index is 1800. The highest BCUT2D eigenvalue weighted by Crippen LogP contribution is 2.27. The molecular formula is C34H48ClN5O8S2. The predicted octanol–water partition coefficient (Wildman–Crippen LogP) is 4.82. The van der Waals surface area contributed by atoms with E-state index in [9.17, 15) is 31.2 Å². The van der Waals surface area contributed by atoms with Gasteiger partial charge in [-0.15, -0.1) is 0 Å². The van der Waals surface area contributed by atoms with Gasteiger partial charge in [-0.1, -0.05) is 49.2 Å². The predicted molar refractivity (Wildman–Crippen MR) is 196 cm³/mol. The summed E-state index contributed by atoms with van der Waals surface area (Å²) in [6, 6.07) is 11.5. The van der Waals surface area contributed by atoms with Gasteiger partial charge in [0.1, 0.15) is 12.6 Å². The molecule has 1 aliphatic rings. The monoisotopic (exact) mass is 753 g/mol. The average molecular weight is 754 g/mol. The normalized spacial score (nSPS) is 14.4. The maximum atomic E-state index is 12.8. The number of rotatable bonds is 8.